The van der Waals surface area contributed by atoms with E-state index < -0.39 is 0 Å². The van der Waals surface area contributed by atoms with Gasteiger partial charge in [-0.25, -0.2) is 4.39 Å². The summed E-state index contributed by atoms with van der Waals surface area (Å²) in [6, 6.07) is 6.24. The molecule has 0 saturated carbocycles. The van der Waals surface area contributed by atoms with Crippen molar-refractivity contribution in [1.82, 2.24) is 4.90 Å². The van der Waals surface area contributed by atoms with Crippen molar-refractivity contribution in [3.05, 3.63) is 35.6 Å². The topological polar surface area (TPSA) is 29.5 Å². The molecule has 0 amide bonds. The Morgan fingerprint density at radius 1 is 1.42 bits per heavy atom. The molecule has 1 heterocycles. The highest BCUT2D eigenvalue weighted by molar-refractivity contribution is 5.95. The summed E-state index contributed by atoms with van der Waals surface area (Å²) < 4.78 is 18.1. The number of nitrogens with zero attached hydrogens (tertiary/aromatic N) is 1. The number of halogens is 1. The second-order valence-electron chi connectivity index (χ2n) is 5.03. The van der Waals surface area contributed by atoms with Crippen molar-refractivity contribution in [3.8, 4) is 0 Å². The van der Waals surface area contributed by atoms with Crippen LogP contribution >= 0.6 is 0 Å². The van der Waals surface area contributed by atoms with Gasteiger partial charge in [0.05, 0.1) is 6.61 Å². The van der Waals surface area contributed by atoms with Crippen molar-refractivity contribution in [3.63, 3.8) is 0 Å². The van der Waals surface area contributed by atoms with Crippen molar-refractivity contribution in [2.24, 2.45) is 0 Å². The lowest BCUT2D eigenvalue weighted by Gasteiger charge is -2.22. The third-order valence-corrected chi connectivity index (χ3v) is 3.61. The van der Waals surface area contributed by atoms with Crippen molar-refractivity contribution in [2.75, 3.05) is 26.8 Å². The molecule has 1 aromatic rings. The monoisotopic (exact) mass is 265 g/mol. The first-order valence-corrected chi connectivity index (χ1v) is 6.73. The van der Waals surface area contributed by atoms with Crippen LogP contribution in [0.15, 0.2) is 24.3 Å². The van der Waals surface area contributed by atoms with E-state index in [1.807, 2.05) is 0 Å². The highest BCUT2D eigenvalue weighted by atomic mass is 19.1. The van der Waals surface area contributed by atoms with Crippen molar-refractivity contribution >= 4 is 5.78 Å². The molecule has 0 aromatic heterocycles. The van der Waals surface area contributed by atoms with E-state index in [9.17, 15) is 9.18 Å². The van der Waals surface area contributed by atoms with Crippen LogP contribution < -0.4 is 0 Å². The van der Waals surface area contributed by atoms with Crippen molar-refractivity contribution in [2.45, 2.75) is 25.3 Å². The Balaban J connectivity index is 1.73. The normalized spacial score (nSPS) is 19.0. The molecule has 0 aliphatic carbocycles. The predicted molar refractivity (Wildman–Crippen MR) is 71.8 cm³/mol. The van der Waals surface area contributed by atoms with Gasteiger partial charge in [-0.2, -0.15) is 0 Å². The van der Waals surface area contributed by atoms with E-state index in [4.69, 9.17) is 4.74 Å². The number of hydrogen-bond donors (Lipinski definition) is 0. The largest absolute Gasteiger partial charge is 0.380 e. The number of rotatable bonds is 6. The molecular weight excluding hydrogens is 245 g/mol. The number of benzene rings is 1. The number of ketones is 1. The molecule has 1 aliphatic heterocycles. The molecule has 0 bridgehead atoms. The van der Waals surface area contributed by atoms with Gasteiger partial charge in [0.1, 0.15) is 5.82 Å². The van der Waals surface area contributed by atoms with E-state index >= 15 is 0 Å². The summed E-state index contributed by atoms with van der Waals surface area (Å²) in [5, 5.41) is 0. The summed E-state index contributed by atoms with van der Waals surface area (Å²) in [6.45, 7) is 2.52. The standard InChI is InChI=1S/C15H20FNO2/c1-17(14-8-10-19-11-14)9-2-3-15(18)12-4-6-13(16)7-5-12/h4-7,14H,2-3,8-11H2,1H3. The number of likely N-dealkylation sites (N-methyl/N-ethyl adjacent to an activating group) is 1. The van der Waals surface area contributed by atoms with Crippen LogP contribution in [0.5, 0.6) is 0 Å². The van der Waals surface area contributed by atoms with Gasteiger partial charge in [0.25, 0.3) is 0 Å². The van der Waals surface area contributed by atoms with Crippen molar-refractivity contribution < 1.29 is 13.9 Å². The Morgan fingerprint density at radius 2 is 2.16 bits per heavy atom. The van der Waals surface area contributed by atoms with Crippen LogP contribution in [0.3, 0.4) is 0 Å². The first-order valence-electron chi connectivity index (χ1n) is 6.73. The summed E-state index contributed by atoms with van der Waals surface area (Å²) in [7, 11) is 2.07. The van der Waals surface area contributed by atoms with Crippen LogP contribution in [0.25, 0.3) is 0 Å². The third-order valence-electron chi connectivity index (χ3n) is 3.61. The van der Waals surface area contributed by atoms with Crippen molar-refractivity contribution in [1.29, 1.82) is 0 Å². The molecule has 1 saturated heterocycles. The maximum absolute atomic E-state index is 12.8. The molecule has 1 aromatic carbocycles. The van der Waals surface area contributed by atoms with Crippen LogP contribution in [-0.2, 0) is 4.74 Å². The molecule has 1 unspecified atom stereocenters. The lowest BCUT2D eigenvalue weighted by molar-refractivity contribution is 0.0972. The maximum atomic E-state index is 12.8. The zero-order valence-electron chi connectivity index (χ0n) is 11.3. The van der Waals surface area contributed by atoms with Gasteiger partial charge in [-0.3, -0.25) is 4.79 Å². The molecule has 19 heavy (non-hydrogen) atoms. The number of hydrogen-bond acceptors (Lipinski definition) is 3. The number of carbonyl (C=O) groups excluding carboxylic acids is 1. The van der Waals surface area contributed by atoms with E-state index in [1.165, 1.54) is 12.1 Å². The van der Waals surface area contributed by atoms with Gasteiger partial charge >= 0.3 is 0 Å². The van der Waals surface area contributed by atoms with Crippen LogP contribution in [0.1, 0.15) is 29.6 Å². The lowest BCUT2D eigenvalue weighted by Crippen LogP contribution is -2.32. The number of carbonyl (C=O) groups is 1. The highest BCUT2D eigenvalue weighted by Gasteiger charge is 2.19. The van der Waals surface area contributed by atoms with Gasteiger partial charge in [-0.15, -0.1) is 0 Å². The molecule has 4 heteroatoms. The average Bonchev–Trinajstić information content (AvgIpc) is 2.93. The minimum absolute atomic E-state index is 0.0797. The van der Waals surface area contributed by atoms with E-state index in [0.29, 0.717) is 18.0 Å². The minimum Gasteiger partial charge on any atom is -0.380 e. The summed E-state index contributed by atoms with van der Waals surface area (Å²) in [5.41, 5.74) is 0.591. The Morgan fingerprint density at radius 3 is 2.79 bits per heavy atom. The summed E-state index contributed by atoms with van der Waals surface area (Å²) in [4.78, 5) is 14.1. The van der Waals surface area contributed by atoms with E-state index in [0.717, 1.165) is 32.6 Å². The highest BCUT2D eigenvalue weighted by Crippen LogP contribution is 2.12. The number of ether oxygens (including phenoxy) is 1. The number of Topliss-reactive ketones (excluding diaryl/α,β-unsaturated/α-hetero) is 1. The second kappa shape index (κ2) is 6.78. The second-order valence-corrected chi connectivity index (χ2v) is 5.03. The average molecular weight is 265 g/mol. The predicted octanol–water partition coefficient (Wildman–Crippen LogP) is 2.51. The first kappa shape index (κ1) is 14.2. The molecule has 1 aliphatic rings. The molecule has 0 N–H and O–H groups in total. The van der Waals surface area contributed by atoms with Gasteiger partial charge in [-0.05, 0) is 50.7 Å². The molecular formula is C15H20FNO2. The molecule has 2 rings (SSSR count). The molecule has 104 valence electrons. The lowest BCUT2D eigenvalue weighted by atomic mass is 10.1. The van der Waals surface area contributed by atoms with Crippen LogP contribution in [0.4, 0.5) is 4.39 Å². The molecule has 0 radical (unpaired) electrons. The van der Waals surface area contributed by atoms with Crippen LogP contribution in [-0.4, -0.2) is 43.5 Å². The van der Waals surface area contributed by atoms with E-state index in [2.05, 4.69) is 11.9 Å². The Hall–Kier alpha value is -1.26. The smallest absolute Gasteiger partial charge is 0.162 e. The molecule has 0 spiro atoms. The summed E-state index contributed by atoms with van der Waals surface area (Å²) in [6.07, 6.45) is 2.40. The fourth-order valence-electron chi connectivity index (χ4n) is 2.32. The third kappa shape index (κ3) is 4.11. The first-order chi connectivity index (χ1) is 9.16. The van der Waals surface area contributed by atoms with Crippen LogP contribution in [0.2, 0.25) is 0 Å². The molecule has 1 fully saturated rings. The SMILES string of the molecule is CN(CCCC(=O)c1ccc(F)cc1)C1CCOC1. The van der Waals surface area contributed by atoms with Gasteiger partial charge in [0.2, 0.25) is 0 Å². The Bertz CT molecular complexity index is 413. The van der Waals surface area contributed by atoms with Gasteiger partial charge in [-0.1, -0.05) is 0 Å². The minimum atomic E-state index is -0.308. The van der Waals surface area contributed by atoms with E-state index in [1.54, 1.807) is 12.1 Å². The zero-order valence-corrected chi connectivity index (χ0v) is 11.3. The maximum Gasteiger partial charge on any atom is 0.162 e. The molecule has 3 nitrogen and oxygen atoms in total. The Kier molecular flexibility index (Phi) is 5.05. The quantitative estimate of drug-likeness (QED) is 0.740. The molecule has 1 atom stereocenters. The van der Waals surface area contributed by atoms with Gasteiger partial charge in [0, 0.05) is 24.6 Å². The van der Waals surface area contributed by atoms with Gasteiger partial charge in [0.15, 0.2) is 5.78 Å². The van der Waals surface area contributed by atoms with Crippen LogP contribution in [0, 0.1) is 5.82 Å². The summed E-state index contributed by atoms with van der Waals surface area (Å²) in [5.74, 6) is -0.228. The fourth-order valence-corrected chi connectivity index (χ4v) is 2.32. The fraction of sp³-hybridized carbons (Fsp3) is 0.533. The Labute approximate surface area is 113 Å². The van der Waals surface area contributed by atoms with Gasteiger partial charge < -0.3 is 9.64 Å². The van der Waals surface area contributed by atoms with E-state index in [-0.39, 0.29) is 11.6 Å². The zero-order chi connectivity index (χ0) is 13.7. The summed E-state index contributed by atoms with van der Waals surface area (Å²) >= 11 is 0.